The third-order valence-electron chi connectivity index (χ3n) is 3.82. The lowest BCUT2D eigenvalue weighted by atomic mass is 10.0. The summed E-state index contributed by atoms with van der Waals surface area (Å²) in [5.74, 6) is -0.995. The van der Waals surface area contributed by atoms with E-state index < -0.39 is 5.97 Å². The number of fused-ring (bicyclic) bond motifs is 2. The minimum atomic E-state index is -0.995. The first kappa shape index (κ1) is 15.2. The van der Waals surface area contributed by atoms with Crippen LogP contribution in [0.25, 0.3) is 10.9 Å². The highest BCUT2D eigenvalue weighted by molar-refractivity contribution is 5.89. The van der Waals surface area contributed by atoms with Gasteiger partial charge in [-0.15, -0.1) is 0 Å². The van der Waals surface area contributed by atoms with Crippen molar-refractivity contribution in [3.05, 3.63) is 77.5 Å². The van der Waals surface area contributed by atoms with Crippen LogP contribution in [0.2, 0.25) is 0 Å². The average molecular weight is 306 g/mol. The number of aromatic nitrogens is 1. The molecule has 0 aliphatic carbocycles. The molecule has 0 spiro atoms. The Hall–Kier alpha value is -2.72. The van der Waals surface area contributed by atoms with Crippen LogP contribution in [0.3, 0.4) is 0 Å². The molecule has 0 amide bonds. The van der Waals surface area contributed by atoms with E-state index in [2.05, 4.69) is 34.6 Å². The predicted octanol–water partition coefficient (Wildman–Crippen LogP) is 3.27. The van der Waals surface area contributed by atoms with E-state index in [1.54, 1.807) is 12.1 Å². The molecule has 1 aliphatic heterocycles. The summed E-state index contributed by atoms with van der Waals surface area (Å²) in [6, 6.07) is 19.3. The summed E-state index contributed by atoms with van der Waals surface area (Å²) in [5, 5.41) is 13.0. The molecule has 3 aromatic rings. The number of rotatable bonds is 1. The lowest BCUT2D eigenvalue weighted by Crippen LogP contribution is -2.23. The molecule has 2 heterocycles. The first-order valence-corrected chi connectivity index (χ1v) is 7.60. The van der Waals surface area contributed by atoms with Gasteiger partial charge in [0.25, 0.3) is 0 Å². The average Bonchev–Trinajstić information content (AvgIpc) is 2.62. The van der Waals surface area contributed by atoms with Gasteiger partial charge in [-0.2, -0.15) is 0 Å². The summed E-state index contributed by atoms with van der Waals surface area (Å²) in [7, 11) is 0. The monoisotopic (exact) mass is 306 g/mol. The van der Waals surface area contributed by atoms with E-state index >= 15 is 0 Å². The van der Waals surface area contributed by atoms with Crippen LogP contribution in [0, 0.1) is 0 Å². The maximum absolute atomic E-state index is 10.6. The quantitative estimate of drug-likeness (QED) is 0.724. The van der Waals surface area contributed by atoms with Crippen molar-refractivity contribution < 1.29 is 9.90 Å². The van der Waals surface area contributed by atoms with Crippen LogP contribution in [-0.4, -0.2) is 22.6 Å². The fraction of sp³-hybridized carbons (Fsp3) is 0.158. The van der Waals surface area contributed by atoms with Crippen molar-refractivity contribution >= 4 is 16.9 Å². The van der Waals surface area contributed by atoms with Gasteiger partial charge >= 0.3 is 5.97 Å². The van der Waals surface area contributed by atoms with Crippen molar-refractivity contribution in [2.45, 2.75) is 13.0 Å². The summed E-state index contributed by atoms with van der Waals surface area (Å²) in [6.07, 6.45) is 1.19. The molecule has 0 fully saturated rings. The van der Waals surface area contributed by atoms with Gasteiger partial charge in [0.15, 0.2) is 0 Å². The summed E-state index contributed by atoms with van der Waals surface area (Å²) >= 11 is 0. The number of hydrogen-bond donors (Lipinski definition) is 2. The van der Waals surface area contributed by atoms with Gasteiger partial charge in [-0.3, -0.25) is 0 Å². The third-order valence-corrected chi connectivity index (χ3v) is 3.82. The Morgan fingerprint density at radius 2 is 1.70 bits per heavy atom. The number of carboxylic acid groups (broad SMARTS) is 1. The van der Waals surface area contributed by atoms with Gasteiger partial charge in [-0.1, -0.05) is 48.5 Å². The summed E-state index contributed by atoms with van der Waals surface area (Å²) < 4.78 is 0. The minimum Gasteiger partial charge on any atom is -0.477 e. The topological polar surface area (TPSA) is 62.2 Å². The molecular weight excluding hydrogens is 288 g/mol. The molecule has 23 heavy (non-hydrogen) atoms. The predicted molar refractivity (Wildman–Crippen MR) is 90.6 cm³/mol. The zero-order valence-electron chi connectivity index (χ0n) is 12.7. The van der Waals surface area contributed by atoms with E-state index in [4.69, 9.17) is 5.11 Å². The van der Waals surface area contributed by atoms with Gasteiger partial charge in [-0.25, -0.2) is 9.78 Å². The Labute approximate surface area is 134 Å². The van der Waals surface area contributed by atoms with Crippen molar-refractivity contribution in [2.75, 3.05) is 6.54 Å². The number of nitrogens with zero attached hydrogens (tertiary/aromatic N) is 1. The number of para-hydroxylation sites is 1. The second kappa shape index (κ2) is 7.03. The molecule has 0 atom stereocenters. The van der Waals surface area contributed by atoms with Gasteiger partial charge in [0.05, 0.1) is 5.52 Å². The van der Waals surface area contributed by atoms with E-state index in [1.165, 1.54) is 23.6 Å². The molecule has 2 aromatic carbocycles. The number of nitrogens with one attached hydrogen (secondary N) is 1. The summed E-state index contributed by atoms with van der Waals surface area (Å²) in [6.45, 7) is 2.19. The van der Waals surface area contributed by atoms with Gasteiger partial charge < -0.3 is 10.4 Å². The molecule has 4 rings (SSSR count). The van der Waals surface area contributed by atoms with E-state index in [1.807, 2.05) is 18.2 Å². The van der Waals surface area contributed by atoms with Crippen LogP contribution >= 0.6 is 0 Å². The molecule has 2 N–H and O–H groups in total. The van der Waals surface area contributed by atoms with Crippen molar-refractivity contribution in [1.29, 1.82) is 0 Å². The fourth-order valence-corrected chi connectivity index (χ4v) is 2.61. The van der Waals surface area contributed by atoms with Crippen molar-refractivity contribution in [3.63, 3.8) is 0 Å². The van der Waals surface area contributed by atoms with Crippen molar-refractivity contribution in [2.24, 2.45) is 0 Å². The lowest BCUT2D eigenvalue weighted by Gasteiger charge is -2.15. The van der Waals surface area contributed by atoms with Gasteiger partial charge in [-0.05, 0) is 36.2 Å². The van der Waals surface area contributed by atoms with E-state index in [9.17, 15) is 4.79 Å². The normalized spacial score (nSPS) is 12.9. The van der Waals surface area contributed by atoms with Crippen LogP contribution in [0.15, 0.2) is 60.7 Å². The van der Waals surface area contributed by atoms with Gasteiger partial charge in [0.2, 0.25) is 0 Å². The number of aromatic carboxylic acids is 1. The van der Waals surface area contributed by atoms with Crippen molar-refractivity contribution in [3.8, 4) is 0 Å². The molecule has 1 aliphatic rings. The maximum atomic E-state index is 10.6. The molecule has 0 bridgehead atoms. The Bertz CT molecular complexity index is 805. The molecular formula is C19H18N2O2. The zero-order chi connectivity index (χ0) is 16.1. The highest BCUT2D eigenvalue weighted by Crippen LogP contribution is 2.12. The van der Waals surface area contributed by atoms with Crippen LogP contribution in [-0.2, 0) is 13.0 Å². The maximum Gasteiger partial charge on any atom is 0.354 e. The molecule has 0 saturated heterocycles. The van der Waals surface area contributed by atoms with E-state index in [-0.39, 0.29) is 5.69 Å². The molecule has 0 radical (unpaired) electrons. The Balaban J connectivity index is 0.000000140. The highest BCUT2D eigenvalue weighted by atomic mass is 16.4. The number of carbonyl (C=O) groups is 1. The minimum absolute atomic E-state index is 0.0821. The highest BCUT2D eigenvalue weighted by Gasteiger charge is 2.05. The number of carboxylic acids is 1. The lowest BCUT2D eigenvalue weighted by molar-refractivity contribution is 0.0691. The molecule has 4 nitrogen and oxygen atoms in total. The third kappa shape index (κ3) is 3.73. The zero-order valence-corrected chi connectivity index (χ0v) is 12.7. The standard InChI is InChI=1S/C10H7NO2.C9H11N/c12-10(13)9-6-5-7-3-1-2-4-8(7)11-9;1-2-4-9-7-10-6-5-8(9)3-1/h1-6H,(H,12,13);1-4,10H,5-7H2. The Morgan fingerprint density at radius 3 is 2.48 bits per heavy atom. The SMILES string of the molecule is O=C(O)c1ccc2ccccc2n1.c1ccc2c(c1)CCNC2. The smallest absolute Gasteiger partial charge is 0.354 e. The molecule has 0 unspecified atom stereocenters. The number of benzene rings is 2. The summed E-state index contributed by atoms with van der Waals surface area (Å²) in [4.78, 5) is 14.6. The first-order valence-electron chi connectivity index (χ1n) is 7.60. The molecule has 1 aromatic heterocycles. The van der Waals surface area contributed by atoms with Crippen LogP contribution in [0.4, 0.5) is 0 Å². The number of pyridine rings is 1. The van der Waals surface area contributed by atoms with Crippen LogP contribution in [0.1, 0.15) is 21.6 Å². The van der Waals surface area contributed by atoms with Crippen LogP contribution < -0.4 is 5.32 Å². The van der Waals surface area contributed by atoms with E-state index in [0.29, 0.717) is 5.52 Å². The van der Waals surface area contributed by atoms with Gasteiger partial charge in [0, 0.05) is 11.9 Å². The Kier molecular flexibility index (Phi) is 4.64. The largest absolute Gasteiger partial charge is 0.477 e. The Morgan fingerprint density at radius 1 is 0.957 bits per heavy atom. The molecule has 4 heteroatoms. The number of hydrogen-bond acceptors (Lipinski definition) is 3. The van der Waals surface area contributed by atoms with Gasteiger partial charge in [0.1, 0.15) is 5.69 Å². The molecule has 116 valence electrons. The molecule has 0 saturated carbocycles. The summed E-state index contributed by atoms with van der Waals surface area (Å²) in [5.41, 5.74) is 3.77. The first-order chi connectivity index (χ1) is 11.2. The second-order valence-corrected chi connectivity index (χ2v) is 5.39. The van der Waals surface area contributed by atoms with Crippen molar-refractivity contribution in [1.82, 2.24) is 10.3 Å². The van der Waals surface area contributed by atoms with E-state index in [0.717, 1.165) is 18.5 Å². The second-order valence-electron chi connectivity index (χ2n) is 5.39. The fourth-order valence-electron chi connectivity index (χ4n) is 2.61. The van der Waals surface area contributed by atoms with Crippen LogP contribution in [0.5, 0.6) is 0 Å².